The number of benzene rings is 1. The van der Waals surface area contributed by atoms with Crippen molar-refractivity contribution in [2.75, 3.05) is 19.7 Å². The summed E-state index contributed by atoms with van der Waals surface area (Å²) >= 11 is 0. The molecule has 3 N–H and O–H groups in total. The van der Waals surface area contributed by atoms with Gasteiger partial charge in [-0.3, -0.25) is 0 Å². The van der Waals surface area contributed by atoms with Gasteiger partial charge in [0.1, 0.15) is 0 Å². The van der Waals surface area contributed by atoms with Crippen LogP contribution in [0.1, 0.15) is 64.9 Å². The SMILES string of the molecule is CCCCCC(C)NC(=NCc1ccc(S(=O)(=O)NCC2CCCO2)cc1)NCC. The highest BCUT2D eigenvalue weighted by Crippen LogP contribution is 2.14. The van der Waals surface area contributed by atoms with Gasteiger partial charge in [0.05, 0.1) is 17.5 Å². The van der Waals surface area contributed by atoms with E-state index in [-0.39, 0.29) is 11.0 Å². The summed E-state index contributed by atoms with van der Waals surface area (Å²) in [7, 11) is -3.52. The molecular formula is C22H38N4O3S. The molecule has 0 bridgehead atoms. The third-order valence-electron chi connectivity index (χ3n) is 5.15. The Morgan fingerprint density at radius 3 is 2.63 bits per heavy atom. The molecule has 7 nitrogen and oxygen atoms in total. The Balaban J connectivity index is 1.90. The van der Waals surface area contributed by atoms with Crippen LogP contribution in [0.15, 0.2) is 34.2 Å². The zero-order valence-corrected chi connectivity index (χ0v) is 19.4. The smallest absolute Gasteiger partial charge is 0.240 e. The van der Waals surface area contributed by atoms with Gasteiger partial charge in [-0.15, -0.1) is 0 Å². The lowest BCUT2D eigenvalue weighted by Crippen LogP contribution is -2.42. The van der Waals surface area contributed by atoms with Crippen LogP contribution in [-0.2, 0) is 21.3 Å². The lowest BCUT2D eigenvalue weighted by molar-refractivity contribution is 0.114. The number of hydrogen-bond acceptors (Lipinski definition) is 4. The summed E-state index contributed by atoms with van der Waals surface area (Å²) in [6, 6.07) is 7.26. The van der Waals surface area contributed by atoms with E-state index in [0.29, 0.717) is 25.7 Å². The van der Waals surface area contributed by atoms with Crippen LogP contribution in [0.5, 0.6) is 0 Å². The van der Waals surface area contributed by atoms with E-state index in [0.717, 1.165) is 37.3 Å². The van der Waals surface area contributed by atoms with Crippen LogP contribution in [0.2, 0.25) is 0 Å². The molecule has 1 heterocycles. The molecule has 1 aromatic rings. The van der Waals surface area contributed by atoms with Gasteiger partial charge in [-0.1, -0.05) is 38.3 Å². The van der Waals surface area contributed by atoms with Gasteiger partial charge in [0.15, 0.2) is 5.96 Å². The Hall–Kier alpha value is -1.64. The summed E-state index contributed by atoms with van der Waals surface area (Å²) < 4.78 is 33.1. The van der Waals surface area contributed by atoms with Crippen molar-refractivity contribution in [2.24, 2.45) is 4.99 Å². The first-order chi connectivity index (χ1) is 14.4. The molecule has 0 aromatic heterocycles. The topological polar surface area (TPSA) is 91.8 Å². The fraction of sp³-hybridized carbons (Fsp3) is 0.682. The standard InChI is InChI=1S/C22H38N4O3S/c1-4-6-7-9-18(3)26-22(23-5-2)24-16-19-11-13-21(14-12-19)30(27,28)25-17-20-10-8-15-29-20/h11-14,18,20,25H,4-10,15-17H2,1-3H3,(H2,23,24,26). The Morgan fingerprint density at radius 2 is 2.00 bits per heavy atom. The quantitative estimate of drug-likeness (QED) is 0.265. The van der Waals surface area contributed by atoms with Crippen molar-refractivity contribution in [3.05, 3.63) is 29.8 Å². The van der Waals surface area contributed by atoms with Gasteiger partial charge in [0.2, 0.25) is 10.0 Å². The van der Waals surface area contributed by atoms with Gasteiger partial charge < -0.3 is 15.4 Å². The molecule has 1 fully saturated rings. The second kappa shape index (κ2) is 12.9. The molecule has 2 atom stereocenters. The largest absolute Gasteiger partial charge is 0.377 e. The van der Waals surface area contributed by atoms with Crippen LogP contribution in [0, 0.1) is 0 Å². The maximum Gasteiger partial charge on any atom is 0.240 e. The number of unbranched alkanes of at least 4 members (excludes halogenated alkanes) is 2. The fourth-order valence-electron chi connectivity index (χ4n) is 3.36. The number of nitrogens with zero attached hydrogens (tertiary/aromatic N) is 1. The molecule has 1 aliphatic rings. The first-order valence-corrected chi connectivity index (χ1v) is 12.7. The van der Waals surface area contributed by atoms with E-state index < -0.39 is 10.0 Å². The second-order valence-electron chi connectivity index (χ2n) is 7.87. The van der Waals surface area contributed by atoms with E-state index in [9.17, 15) is 8.42 Å². The van der Waals surface area contributed by atoms with Gasteiger partial charge in [-0.2, -0.15) is 0 Å². The van der Waals surface area contributed by atoms with Crippen LogP contribution in [0.25, 0.3) is 0 Å². The van der Waals surface area contributed by atoms with Gasteiger partial charge >= 0.3 is 0 Å². The summed E-state index contributed by atoms with van der Waals surface area (Å²) in [6.07, 6.45) is 6.66. The molecule has 2 rings (SSSR count). The highest BCUT2D eigenvalue weighted by molar-refractivity contribution is 7.89. The number of ether oxygens (including phenoxy) is 1. The Kier molecular flexibility index (Phi) is 10.6. The van der Waals surface area contributed by atoms with E-state index >= 15 is 0 Å². The van der Waals surface area contributed by atoms with Crippen LogP contribution in [-0.4, -0.2) is 46.2 Å². The molecule has 1 aliphatic heterocycles. The molecule has 8 heteroatoms. The molecule has 0 aliphatic carbocycles. The minimum atomic E-state index is -3.52. The van der Waals surface area contributed by atoms with E-state index in [1.165, 1.54) is 19.3 Å². The predicted octanol–water partition coefficient (Wildman–Crippen LogP) is 3.17. The fourth-order valence-corrected chi connectivity index (χ4v) is 4.43. The second-order valence-corrected chi connectivity index (χ2v) is 9.63. The summed E-state index contributed by atoms with van der Waals surface area (Å²) in [5.41, 5.74) is 0.962. The summed E-state index contributed by atoms with van der Waals surface area (Å²) in [5.74, 6) is 0.788. The van der Waals surface area contributed by atoms with Crippen LogP contribution >= 0.6 is 0 Å². The number of guanidine groups is 1. The summed E-state index contributed by atoms with van der Waals surface area (Å²) in [5, 5.41) is 6.72. The Bertz CT molecular complexity index is 744. The number of aliphatic imine (C=N–C) groups is 1. The van der Waals surface area contributed by atoms with Crippen molar-refractivity contribution in [3.63, 3.8) is 0 Å². The van der Waals surface area contributed by atoms with Gasteiger partial charge in [-0.25, -0.2) is 18.1 Å². The molecule has 0 radical (unpaired) electrons. The normalized spacial score (nSPS) is 18.4. The maximum absolute atomic E-state index is 12.5. The summed E-state index contributed by atoms with van der Waals surface area (Å²) in [6.45, 7) is 8.74. The lowest BCUT2D eigenvalue weighted by atomic mass is 10.1. The molecule has 2 unspecified atom stereocenters. The van der Waals surface area contributed by atoms with Crippen molar-refractivity contribution in [2.45, 2.75) is 82.9 Å². The summed E-state index contributed by atoms with van der Waals surface area (Å²) in [4.78, 5) is 4.91. The molecular weight excluding hydrogens is 400 g/mol. The van der Waals surface area contributed by atoms with Gasteiger partial charge in [0.25, 0.3) is 0 Å². The Morgan fingerprint density at radius 1 is 1.23 bits per heavy atom. The average molecular weight is 439 g/mol. The molecule has 1 saturated heterocycles. The predicted molar refractivity (Wildman–Crippen MR) is 122 cm³/mol. The number of nitrogens with one attached hydrogen (secondary N) is 3. The zero-order chi connectivity index (χ0) is 21.8. The van der Waals surface area contributed by atoms with Crippen molar-refractivity contribution < 1.29 is 13.2 Å². The third kappa shape index (κ3) is 8.62. The van der Waals surface area contributed by atoms with Gasteiger partial charge in [-0.05, 0) is 50.8 Å². The molecule has 170 valence electrons. The highest BCUT2D eigenvalue weighted by atomic mass is 32.2. The maximum atomic E-state index is 12.5. The van der Waals surface area contributed by atoms with Gasteiger partial charge in [0, 0.05) is 25.7 Å². The monoisotopic (exact) mass is 438 g/mol. The minimum Gasteiger partial charge on any atom is -0.377 e. The zero-order valence-electron chi connectivity index (χ0n) is 18.6. The third-order valence-corrected chi connectivity index (χ3v) is 6.59. The van der Waals surface area contributed by atoms with E-state index in [1.807, 2.05) is 19.1 Å². The number of rotatable bonds is 12. The lowest BCUT2D eigenvalue weighted by Gasteiger charge is -2.17. The average Bonchev–Trinajstić information content (AvgIpc) is 3.25. The van der Waals surface area contributed by atoms with E-state index in [1.54, 1.807) is 12.1 Å². The molecule has 0 amide bonds. The number of sulfonamides is 1. The van der Waals surface area contributed by atoms with Crippen molar-refractivity contribution in [1.82, 2.24) is 15.4 Å². The molecule has 0 saturated carbocycles. The van der Waals surface area contributed by atoms with Crippen molar-refractivity contribution >= 4 is 16.0 Å². The molecule has 30 heavy (non-hydrogen) atoms. The van der Waals surface area contributed by atoms with E-state index in [4.69, 9.17) is 4.74 Å². The van der Waals surface area contributed by atoms with Crippen LogP contribution in [0.3, 0.4) is 0 Å². The highest BCUT2D eigenvalue weighted by Gasteiger charge is 2.20. The minimum absolute atomic E-state index is 0.0188. The van der Waals surface area contributed by atoms with Crippen LogP contribution < -0.4 is 15.4 Å². The Labute approximate surface area is 182 Å². The van der Waals surface area contributed by atoms with E-state index in [2.05, 4.69) is 34.2 Å². The first-order valence-electron chi connectivity index (χ1n) is 11.2. The number of hydrogen-bond donors (Lipinski definition) is 3. The molecule has 0 spiro atoms. The van der Waals surface area contributed by atoms with Crippen LogP contribution in [0.4, 0.5) is 0 Å². The van der Waals surface area contributed by atoms with Crippen molar-refractivity contribution in [1.29, 1.82) is 0 Å². The first kappa shape index (κ1) is 24.6. The molecule has 1 aromatic carbocycles. The van der Waals surface area contributed by atoms with Crippen molar-refractivity contribution in [3.8, 4) is 0 Å².